The molecule has 7 heteroatoms. The maximum atomic E-state index is 12.7. The maximum absolute atomic E-state index is 12.7. The van der Waals surface area contributed by atoms with Gasteiger partial charge in [0.25, 0.3) is 0 Å². The summed E-state index contributed by atoms with van der Waals surface area (Å²) in [6.07, 6.45) is 6.07. The van der Waals surface area contributed by atoms with Gasteiger partial charge >= 0.3 is 0 Å². The fourth-order valence-corrected chi connectivity index (χ4v) is 3.74. The third-order valence-corrected chi connectivity index (χ3v) is 5.15. The van der Waals surface area contributed by atoms with Crippen molar-refractivity contribution in [2.75, 3.05) is 25.9 Å². The number of carbonyl (C=O) groups excluding carboxylic acids is 1. The summed E-state index contributed by atoms with van der Waals surface area (Å²) in [5, 5.41) is 3.31. The topological polar surface area (TPSA) is 78.5 Å². The van der Waals surface area contributed by atoms with Crippen LogP contribution in [-0.4, -0.2) is 57.2 Å². The van der Waals surface area contributed by atoms with Crippen LogP contribution in [0.3, 0.4) is 0 Å². The highest BCUT2D eigenvalue weighted by Gasteiger charge is 2.33. The van der Waals surface area contributed by atoms with Crippen molar-refractivity contribution >= 4 is 15.9 Å². The van der Waals surface area contributed by atoms with Crippen LogP contribution in [0.5, 0.6) is 0 Å². The number of carbonyl (C=O) groups is 1. The Balaban J connectivity index is 1.98. The van der Waals surface area contributed by atoms with Crippen molar-refractivity contribution in [1.29, 1.82) is 0 Å². The van der Waals surface area contributed by atoms with E-state index in [9.17, 15) is 13.2 Å². The van der Waals surface area contributed by atoms with Crippen LogP contribution in [0.25, 0.3) is 0 Å². The number of amides is 1. The van der Waals surface area contributed by atoms with Gasteiger partial charge in [-0.1, -0.05) is 6.92 Å². The van der Waals surface area contributed by atoms with Crippen molar-refractivity contribution < 1.29 is 13.2 Å². The molecule has 0 aromatic carbocycles. The third kappa shape index (κ3) is 4.93. The number of rotatable bonds is 4. The van der Waals surface area contributed by atoms with Crippen LogP contribution in [-0.2, 0) is 14.8 Å². The molecular formula is C14H27N3O3S. The van der Waals surface area contributed by atoms with Crippen molar-refractivity contribution in [2.24, 2.45) is 5.92 Å². The molecule has 0 aromatic heterocycles. The Hall–Kier alpha value is -0.660. The molecule has 2 saturated heterocycles. The molecule has 2 aliphatic rings. The van der Waals surface area contributed by atoms with Crippen LogP contribution in [0, 0.1) is 5.92 Å². The fraction of sp³-hybridized carbons (Fsp3) is 0.929. The first-order valence-corrected chi connectivity index (χ1v) is 9.74. The molecule has 2 fully saturated rings. The first kappa shape index (κ1) is 16.7. The molecule has 0 saturated carbocycles. The molecule has 21 heavy (non-hydrogen) atoms. The van der Waals surface area contributed by atoms with Gasteiger partial charge in [0.2, 0.25) is 15.9 Å². The van der Waals surface area contributed by atoms with Crippen LogP contribution < -0.4 is 10.0 Å². The molecular weight excluding hydrogens is 290 g/mol. The quantitative estimate of drug-likeness (QED) is 0.782. The van der Waals surface area contributed by atoms with Crippen LogP contribution in [0.2, 0.25) is 0 Å². The smallest absolute Gasteiger partial charge is 0.240 e. The number of likely N-dealkylation sites (tertiary alicyclic amines) is 1. The highest BCUT2D eigenvalue weighted by atomic mass is 32.2. The van der Waals surface area contributed by atoms with Crippen molar-refractivity contribution in [3.63, 3.8) is 0 Å². The highest BCUT2D eigenvalue weighted by Crippen LogP contribution is 2.22. The second kappa shape index (κ2) is 7.07. The fourth-order valence-electron chi connectivity index (χ4n) is 3.25. The van der Waals surface area contributed by atoms with Gasteiger partial charge in [-0.2, -0.15) is 0 Å². The summed E-state index contributed by atoms with van der Waals surface area (Å²) in [5.41, 5.74) is 0. The molecule has 2 N–H and O–H groups in total. The summed E-state index contributed by atoms with van der Waals surface area (Å²) < 4.78 is 25.1. The van der Waals surface area contributed by atoms with Gasteiger partial charge in [-0.05, 0) is 44.6 Å². The number of hydrogen-bond donors (Lipinski definition) is 2. The zero-order chi connectivity index (χ0) is 15.5. The Morgan fingerprint density at radius 3 is 2.76 bits per heavy atom. The van der Waals surface area contributed by atoms with E-state index in [1.807, 2.05) is 4.90 Å². The largest absolute Gasteiger partial charge is 0.337 e. The maximum Gasteiger partial charge on any atom is 0.240 e. The zero-order valence-electron chi connectivity index (χ0n) is 13.0. The molecule has 0 aromatic rings. The van der Waals surface area contributed by atoms with Gasteiger partial charge in [0, 0.05) is 19.1 Å². The summed E-state index contributed by atoms with van der Waals surface area (Å²) in [6.45, 7) is 4.13. The summed E-state index contributed by atoms with van der Waals surface area (Å²) in [7, 11) is -3.21. The lowest BCUT2D eigenvalue weighted by Crippen LogP contribution is -2.56. The van der Waals surface area contributed by atoms with Gasteiger partial charge in [-0.3, -0.25) is 4.79 Å². The van der Waals surface area contributed by atoms with Gasteiger partial charge in [0.15, 0.2) is 0 Å². The van der Waals surface area contributed by atoms with Crippen LogP contribution in [0.15, 0.2) is 0 Å². The molecule has 2 aliphatic heterocycles. The first-order valence-electron chi connectivity index (χ1n) is 7.85. The lowest BCUT2D eigenvalue weighted by atomic mass is 9.92. The summed E-state index contributed by atoms with van der Waals surface area (Å²) >= 11 is 0. The van der Waals surface area contributed by atoms with Crippen LogP contribution in [0.4, 0.5) is 0 Å². The van der Waals surface area contributed by atoms with Crippen molar-refractivity contribution in [3.8, 4) is 0 Å². The zero-order valence-corrected chi connectivity index (χ0v) is 13.8. The Labute approximate surface area is 127 Å². The molecule has 0 aliphatic carbocycles. The minimum absolute atomic E-state index is 0.0139. The molecule has 0 radical (unpaired) electrons. The second-order valence-corrected chi connectivity index (χ2v) is 8.27. The molecule has 3 unspecified atom stereocenters. The lowest BCUT2D eigenvalue weighted by Gasteiger charge is -2.39. The molecule has 3 atom stereocenters. The van der Waals surface area contributed by atoms with Crippen LogP contribution in [0.1, 0.15) is 39.0 Å². The van der Waals surface area contributed by atoms with E-state index < -0.39 is 10.0 Å². The van der Waals surface area contributed by atoms with E-state index in [2.05, 4.69) is 17.0 Å². The molecule has 6 nitrogen and oxygen atoms in total. The molecule has 2 rings (SSSR count). The predicted molar refractivity (Wildman–Crippen MR) is 82.4 cm³/mol. The Morgan fingerprint density at radius 2 is 2.10 bits per heavy atom. The second-order valence-electron chi connectivity index (χ2n) is 6.44. The molecule has 122 valence electrons. The predicted octanol–water partition coefficient (Wildman–Crippen LogP) is 0.305. The number of piperidine rings is 2. The van der Waals surface area contributed by atoms with E-state index in [1.54, 1.807) is 0 Å². The Morgan fingerprint density at radius 1 is 1.33 bits per heavy atom. The van der Waals surface area contributed by atoms with Crippen molar-refractivity contribution in [1.82, 2.24) is 14.9 Å². The first-order chi connectivity index (χ1) is 9.87. The Bertz CT molecular complexity index is 466. The van der Waals surface area contributed by atoms with Gasteiger partial charge in [-0.15, -0.1) is 0 Å². The SMILES string of the molecule is CC1CCNC(C(=O)N2CCCCC2CNS(C)(=O)=O)C1. The molecule has 2 heterocycles. The molecule has 0 bridgehead atoms. The third-order valence-electron chi connectivity index (χ3n) is 4.46. The van der Waals surface area contributed by atoms with Crippen molar-refractivity contribution in [3.05, 3.63) is 0 Å². The molecule has 1 amide bonds. The van der Waals surface area contributed by atoms with Gasteiger partial charge in [-0.25, -0.2) is 13.1 Å². The van der Waals surface area contributed by atoms with Gasteiger partial charge in [0.05, 0.1) is 12.3 Å². The van der Waals surface area contributed by atoms with E-state index in [0.29, 0.717) is 12.5 Å². The van der Waals surface area contributed by atoms with Crippen LogP contribution >= 0.6 is 0 Å². The number of hydrogen-bond acceptors (Lipinski definition) is 4. The average Bonchev–Trinajstić information content (AvgIpc) is 2.44. The summed E-state index contributed by atoms with van der Waals surface area (Å²) in [6, 6.07) is -0.118. The molecule has 0 spiro atoms. The van der Waals surface area contributed by atoms with Gasteiger partial charge in [0.1, 0.15) is 0 Å². The minimum atomic E-state index is -3.21. The Kier molecular flexibility index (Phi) is 5.62. The van der Waals surface area contributed by atoms with Crippen molar-refractivity contribution in [2.45, 2.75) is 51.1 Å². The average molecular weight is 317 g/mol. The number of sulfonamides is 1. The number of nitrogens with zero attached hydrogens (tertiary/aromatic N) is 1. The number of nitrogens with one attached hydrogen (secondary N) is 2. The van der Waals surface area contributed by atoms with E-state index in [4.69, 9.17) is 0 Å². The standard InChI is InChI=1S/C14H27N3O3S/c1-11-6-7-15-13(9-11)14(18)17-8-4-3-5-12(17)10-16-21(2,19)20/h11-13,15-16H,3-10H2,1-2H3. The van der Waals surface area contributed by atoms with Gasteiger partial charge < -0.3 is 10.2 Å². The summed E-state index contributed by atoms with van der Waals surface area (Å²) in [5.74, 6) is 0.708. The highest BCUT2D eigenvalue weighted by molar-refractivity contribution is 7.88. The lowest BCUT2D eigenvalue weighted by molar-refractivity contribution is -0.138. The van der Waals surface area contributed by atoms with E-state index in [1.165, 1.54) is 0 Å². The monoisotopic (exact) mass is 317 g/mol. The normalized spacial score (nSPS) is 31.1. The van der Waals surface area contributed by atoms with E-state index in [0.717, 1.165) is 51.4 Å². The van der Waals surface area contributed by atoms with E-state index >= 15 is 0 Å². The minimum Gasteiger partial charge on any atom is -0.337 e. The van der Waals surface area contributed by atoms with E-state index in [-0.39, 0.29) is 18.0 Å². The summed E-state index contributed by atoms with van der Waals surface area (Å²) in [4.78, 5) is 14.6.